The molecule has 0 amide bonds. The number of halogens is 1. The van der Waals surface area contributed by atoms with Crippen LogP contribution in [0.5, 0.6) is 0 Å². The van der Waals surface area contributed by atoms with E-state index in [2.05, 4.69) is 11.1 Å². The molecule has 1 nitrogen and oxygen atoms in total. The Bertz CT molecular complexity index is 342. The summed E-state index contributed by atoms with van der Waals surface area (Å²) in [5, 5.41) is 0.877. The van der Waals surface area contributed by atoms with Gasteiger partial charge < -0.3 is 0 Å². The minimum absolute atomic E-state index is 0.877. The second kappa shape index (κ2) is 2.91. The van der Waals surface area contributed by atoms with Crippen molar-refractivity contribution in [3.05, 3.63) is 34.3 Å². The van der Waals surface area contributed by atoms with Gasteiger partial charge in [0.05, 0.1) is 0 Å². The van der Waals surface area contributed by atoms with Gasteiger partial charge in [0.25, 0.3) is 0 Å². The number of nitrogens with zero attached hydrogens (tertiary/aromatic N) is 1. The van der Waals surface area contributed by atoms with Crippen LogP contribution in [0.1, 0.15) is 18.1 Å². The molecule has 0 spiro atoms. The van der Waals surface area contributed by atoms with Gasteiger partial charge in [0.2, 0.25) is 0 Å². The molecule has 0 aliphatic carbocycles. The van der Waals surface area contributed by atoms with Gasteiger partial charge in [-0.15, -0.1) is 0 Å². The second-order valence-electron chi connectivity index (χ2n) is 2.98. The van der Waals surface area contributed by atoms with E-state index in [1.54, 1.807) is 0 Å². The molecule has 1 heterocycles. The second-order valence-corrected chi connectivity index (χ2v) is 3.39. The van der Waals surface area contributed by atoms with Crippen LogP contribution in [0.25, 0.3) is 0 Å². The number of hydrogen-bond donors (Lipinski definition) is 0. The summed E-state index contributed by atoms with van der Waals surface area (Å²) in [5.74, 6) is 0. The molecular formula is C10H10ClN. The van der Waals surface area contributed by atoms with Gasteiger partial charge in [-0.1, -0.05) is 23.7 Å². The number of benzene rings is 1. The lowest BCUT2D eigenvalue weighted by Crippen LogP contribution is -2.09. The fraction of sp³-hybridized carbons (Fsp3) is 0.300. The van der Waals surface area contributed by atoms with Gasteiger partial charge in [-0.25, -0.2) is 0 Å². The van der Waals surface area contributed by atoms with E-state index in [-0.39, 0.29) is 0 Å². The van der Waals surface area contributed by atoms with Crippen LogP contribution in [-0.4, -0.2) is 12.3 Å². The Morgan fingerprint density at radius 3 is 3.00 bits per heavy atom. The van der Waals surface area contributed by atoms with Gasteiger partial charge in [-0.05, 0) is 30.5 Å². The lowest BCUT2D eigenvalue weighted by atomic mass is 9.99. The summed E-state index contributed by atoms with van der Waals surface area (Å²) in [5.41, 5.74) is 3.58. The summed E-state index contributed by atoms with van der Waals surface area (Å²) < 4.78 is 0. The zero-order valence-corrected chi connectivity index (χ0v) is 7.73. The summed E-state index contributed by atoms with van der Waals surface area (Å²) in [6.45, 7) is 2.91. The predicted octanol–water partition coefficient (Wildman–Crippen LogP) is 2.71. The first-order valence-corrected chi connectivity index (χ1v) is 4.45. The first kappa shape index (κ1) is 7.81. The summed E-state index contributed by atoms with van der Waals surface area (Å²) in [6.07, 6.45) is 0.979. The average Bonchev–Trinajstić information content (AvgIpc) is 2.07. The maximum atomic E-state index is 6.05. The van der Waals surface area contributed by atoms with Crippen molar-refractivity contribution in [2.75, 3.05) is 6.54 Å². The fourth-order valence-electron chi connectivity index (χ4n) is 1.57. The normalized spacial score (nSPS) is 15.3. The van der Waals surface area contributed by atoms with Crippen molar-refractivity contribution in [3.8, 4) is 0 Å². The molecule has 1 aromatic rings. The fourth-order valence-corrected chi connectivity index (χ4v) is 1.84. The maximum absolute atomic E-state index is 6.05. The molecule has 0 aromatic heterocycles. The van der Waals surface area contributed by atoms with Crippen molar-refractivity contribution in [3.63, 3.8) is 0 Å². The highest BCUT2D eigenvalue weighted by molar-refractivity contribution is 6.32. The average molecular weight is 180 g/mol. The molecule has 2 heteroatoms. The van der Waals surface area contributed by atoms with Crippen molar-refractivity contribution >= 4 is 17.3 Å². The highest BCUT2D eigenvalue weighted by Gasteiger charge is 2.12. The summed E-state index contributed by atoms with van der Waals surface area (Å²) >= 11 is 6.05. The van der Waals surface area contributed by atoms with E-state index in [4.69, 9.17) is 11.6 Å². The molecule has 0 atom stereocenters. The Morgan fingerprint density at radius 1 is 1.42 bits per heavy atom. The zero-order chi connectivity index (χ0) is 8.55. The highest BCUT2D eigenvalue weighted by atomic mass is 35.5. The molecule has 62 valence electrons. The Kier molecular flexibility index (Phi) is 1.89. The Balaban J connectivity index is 2.62. The van der Waals surface area contributed by atoms with Crippen molar-refractivity contribution in [2.45, 2.75) is 13.3 Å². The van der Waals surface area contributed by atoms with Crippen LogP contribution in [0.15, 0.2) is 23.2 Å². The maximum Gasteiger partial charge on any atom is 0.0445 e. The largest absolute Gasteiger partial charge is 0.289 e. The summed E-state index contributed by atoms with van der Waals surface area (Å²) in [6, 6.07) is 6.00. The van der Waals surface area contributed by atoms with Crippen molar-refractivity contribution in [1.29, 1.82) is 0 Å². The van der Waals surface area contributed by atoms with E-state index in [1.165, 1.54) is 11.1 Å². The molecule has 0 saturated carbocycles. The van der Waals surface area contributed by atoms with Crippen LogP contribution in [0.2, 0.25) is 5.02 Å². The Morgan fingerprint density at radius 2 is 2.25 bits per heavy atom. The third kappa shape index (κ3) is 1.14. The molecule has 1 aliphatic rings. The van der Waals surface area contributed by atoms with Gasteiger partial charge in [0, 0.05) is 17.3 Å². The highest BCUT2D eigenvalue weighted by Crippen LogP contribution is 2.23. The van der Waals surface area contributed by atoms with Crippen LogP contribution in [0.3, 0.4) is 0 Å². The quantitative estimate of drug-likeness (QED) is 0.581. The molecule has 1 aromatic carbocycles. The molecule has 2 rings (SSSR count). The molecular weight excluding hydrogens is 170 g/mol. The van der Waals surface area contributed by atoms with Gasteiger partial charge in [-0.3, -0.25) is 4.99 Å². The third-order valence-electron chi connectivity index (χ3n) is 2.22. The number of aliphatic imine (C=N–C) groups is 1. The molecule has 0 N–H and O–H groups in total. The minimum Gasteiger partial charge on any atom is -0.289 e. The Labute approximate surface area is 77.1 Å². The first-order valence-electron chi connectivity index (χ1n) is 4.08. The summed E-state index contributed by atoms with van der Waals surface area (Å²) in [4.78, 5) is 4.37. The SMILES string of the molecule is CC1=NCCc2c(Cl)cccc21. The molecule has 0 fully saturated rings. The monoisotopic (exact) mass is 179 g/mol. The molecule has 0 bridgehead atoms. The van der Waals surface area contributed by atoms with Gasteiger partial charge in [0.1, 0.15) is 0 Å². The smallest absolute Gasteiger partial charge is 0.0445 e. The number of hydrogen-bond acceptors (Lipinski definition) is 1. The molecule has 0 unspecified atom stereocenters. The van der Waals surface area contributed by atoms with E-state index >= 15 is 0 Å². The van der Waals surface area contributed by atoms with Crippen molar-refractivity contribution in [1.82, 2.24) is 0 Å². The predicted molar refractivity (Wildman–Crippen MR) is 52.2 cm³/mol. The van der Waals surface area contributed by atoms with E-state index in [0.29, 0.717) is 0 Å². The van der Waals surface area contributed by atoms with Crippen molar-refractivity contribution < 1.29 is 0 Å². The van der Waals surface area contributed by atoms with E-state index in [0.717, 1.165) is 23.7 Å². The topological polar surface area (TPSA) is 12.4 Å². The minimum atomic E-state index is 0.877. The zero-order valence-electron chi connectivity index (χ0n) is 6.97. The van der Waals surface area contributed by atoms with E-state index < -0.39 is 0 Å². The number of fused-ring (bicyclic) bond motifs is 1. The molecule has 0 saturated heterocycles. The van der Waals surface area contributed by atoms with Crippen LogP contribution in [0.4, 0.5) is 0 Å². The number of rotatable bonds is 0. The third-order valence-corrected chi connectivity index (χ3v) is 2.57. The molecule has 0 radical (unpaired) electrons. The molecule has 1 aliphatic heterocycles. The Hall–Kier alpha value is -0.820. The lowest BCUT2D eigenvalue weighted by Gasteiger charge is -2.14. The van der Waals surface area contributed by atoms with Gasteiger partial charge in [0.15, 0.2) is 0 Å². The van der Waals surface area contributed by atoms with Gasteiger partial charge >= 0.3 is 0 Å². The van der Waals surface area contributed by atoms with E-state index in [1.807, 2.05) is 19.1 Å². The van der Waals surface area contributed by atoms with E-state index in [9.17, 15) is 0 Å². The van der Waals surface area contributed by atoms with Crippen LogP contribution in [-0.2, 0) is 6.42 Å². The summed E-state index contributed by atoms with van der Waals surface area (Å²) in [7, 11) is 0. The van der Waals surface area contributed by atoms with Crippen molar-refractivity contribution in [2.24, 2.45) is 4.99 Å². The first-order chi connectivity index (χ1) is 5.79. The van der Waals surface area contributed by atoms with Crippen LogP contribution < -0.4 is 0 Å². The van der Waals surface area contributed by atoms with Crippen LogP contribution in [0, 0.1) is 0 Å². The molecule has 12 heavy (non-hydrogen) atoms. The van der Waals surface area contributed by atoms with Gasteiger partial charge in [-0.2, -0.15) is 0 Å². The lowest BCUT2D eigenvalue weighted by molar-refractivity contribution is 0.942. The van der Waals surface area contributed by atoms with Crippen LogP contribution >= 0.6 is 11.6 Å². The standard InChI is InChI=1S/C10H10ClN/c1-7-8-3-2-4-10(11)9(8)5-6-12-7/h2-4H,5-6H2,1H3.